The van der Waals surface area contributed by atoms with Crippen molar-refractivity contribution in [2.75, 3.05) is 26.0 Å². The Bertz CT molecular complexity index is 809. The van der Waals surface area contributed by atoms with E-state index < -0.39 is 6.04 Å². The molecule has 0 bridgehead atoms. The SMILES string of the molecule is COc1ccc(CSCC(=O)N(CCc2ccccc2)C(C)C(=O)NCC(C)C)cc1. The van der Waals surface area contributed by atoms with Crippen LogP contribution in [0, 0.1) is 5.92 Å². The zero-order valence-corrected chi connectivity index (χ0v) is 19.8. The van der Waals surface area contributed by atoms with Crippen molar-refractivity contribution in [1.29, 1.82) is 0 Å². The number of benzene rings is 2. The summed E-state index contributed by atoms with van der Waals surface area (Å²) in [5.41, 5.74) is 2.29. The predicted octanol–water partition coefficient (Wildman–Crippen LogP) is 4.16. The number of carbonyl (C=O) groups is 2. The Morgan fingerprint density at radius 2 is 1.68 bits per heavy atom. The molecule has 6 heteroatoms. The molecule has 1 N–H and O–H groups in total. The Morgan fingerprint density at radius 3 is 2.29 bits per heavy atom. The minimum Gasteiger partial charge on any atom is -0.497 e. The van der Waals surface area contributed by atoms with Crippen molar-refractivity contribution in [2.24, 2.45) is 5.92 Å². The third-order valence-electron chi connectivity index (χ3n) is 4.99. The van der Waals surface area contributed by atoms with Crippen LogP contribution >= 0.6 is 11.8 Å². The largest absolute Gasteiger partial charge is 0.497 e. The number of carbonyl (C=O) groups excluding carboxylic acids is 2. The summed E-state index contributed by atoms with van der Waals surface area (Å²) in [7, 11) is 1.64. The molecule has 2 aromatic carbocycles. The van der Waals surface area contributed by atoms with E-state index in [0.717, 1.165) is 29.1 Å². The molecule has 5 nitrogen and oxygen atoms in total. The number of hydrogen-bond acceptors (Lipinski definition) is 4. The summed E-state index contributed by atoms with van der Waals surface area (Å²) in [6.07, 6.45) is 0.720. The van der Waals surface area contributed by atoms with E-state index in [1.54, 1.807) is 23.8 Å². The maximum atomic E-state index is 13.0. The van der Waals surface area contributed by atoms with Gasteiger partial charge in [0.2, 0.25) is 11.8 Å². The van der Waals surface area contributed by atoms with Crippen molar-refractivity contribution < 1.29 is 14.3 Å². The van der Waals surface area contributed by atoms with Gasteiger partial charge in [-0.15, -0.1) is 11.8 Å². The van der Waals surface area contributed by atoms with Crippen LogP contribution in [0.25, 0.3) is 0 Å². The summed E-state index contributed by atoms with van der Waals surface area (Å²) < 4.78 is 5.18. The highest BCUT2D eigenvalue weighted by atomic mass is 32.2. The van der Waals surface area contributed by atoms with E-state index in [9.17, 15) is 9.59 Å². The van der Waals surface area contributed by atoms with Crippen LogP contribution in [-0.4, -0.2) is 48.7 Å². The van der Waals surface area contributed by atoms with Gasteiger partial charge in [-0.1, -0.05) is 56.3 Å². The maximum Gasteiger partial charge on any atom is 0.242 e. The first-order valence-electron chi connectivity index (χ1n) is 10.7. The standard InChI is InChI=1S/C25H34N2O3S/c1-19(2)16-26-25(29)20(3)27(15-14-21-8-6-5-7-9-21)24(28)18-31-17-22-10-12-23(30-4)13-11-22/h5-13,19-20H,14-18H2,1-4H3,(H,26,29). The van der Waals surface area contributed by atoms with Gasteiger partial charge in [0.15, 0.2) is 0 Å². The molecule has 2 aromatic rings. The van der Waals surface area contributed by atoms with Gasteiger partial charge in [-0.05, 0) is 42.5 Å². The zero-order valence-electron chi connectivity index (χ0n) is 19.0. The number of rotatable bonds is 12. The lowest BCUT2D eigenvalue weighted by atomic mass is 10.1. The van der Waals surface area contributed by atoms with Crippen LogP contribution in [0.2, 0.25) is 0 Å². The molecule has 31 heavy (non-hydrogen) atoms. The molecule has 0 aliphatic heterocycles. The third-order valence-corrected chi connectivity index (χ3v) is 5.98. The molecular weight excluding hydrogens is 408 g/mol. The van der Waals surface area contributed by atoms with Crippen molar-refractivity contribution in [1.82, 2.24) is 10.2 Å². The van der Waals surface area contributed by atoms with E-state index in [-0.39, 0.29) is 11.8 Å². The van der Waals surface area contributed by atoms with E-state index in [2.05, 4.69) is 19.2 Å². The number of ether oxygens (including phenoxy) is 1. The first kappa shape index (κ1) is 24.8. The Balaban J connectivity index is 1.97. The van der Waals surface area contributed by atoms with Crippen LogP contribution in [0.3, 0.4) is 0 Å². The van der Waals surface area contributed by atoms with Gasteiger partial charge in [-0.2, -0.15) is 0 Å². The minimum atomic E-state index is -0.503. The molecule has 2 rings (SSSR count). The van der Waals surface area contributed by atoms with Gasteiger partial charge in [0.05, 0.1) is 12.9 Å². The summed E-state index contributed by atoms with van der Waals surface area (Å²) in [5.74, 6) is 2.14. The van der Waals surface area contributed by atoms with Crippen LogP contribution in [0.15, 0.2) is 54.6 Å². The van der Waals surface area contributed by atoms with Crippen molar-refractivity contribution in [3.63, 3.8) is 0 Å². The third kappa shape index (κ3) is 8.66. The summed E-state index contributed by atoms with van der Waals surface area (Å²) in [4.78, 5) is 27.4. The second kappa shape index (κ2) is 13.1. The van der Waals surface area contributed by atoms with Crippen molar-refractivity contribution >= 4 is 23.6 Å². The van der Waals surface area contributed by atoms with E-state index in [0.29, 0.717) is 24.8 Å². The molecule has 0 radical (unpaired) electrons. The molecular formula is C25H34N2O3S. The number of nitrogens with one attached hydrogen (secondary N) is 1. The summed E-state index contributed by atoms with van der Waals surface area (Å²) >= 11 is 1.56. The number of amides is 2. The lowest BCUT2D eigenvalue weighted by molar-refractivity contribution is -0.138. The molecule has 168 valence electrons. The molecule has 0 aliphatic rings. The van der Waals surface area contributed by atoms with Crippen molar-refractivity contribution in [2.45, 2.75) is 39.0 Å². The predicted molar refractivity (Wildman–Crippen MR) is 128 cm³/mol. The van der Waals surface area contributed by atoms with Gasteiger partial charge in [-0.3, -0.25) is 9.59 Å². The molecule has 2 amide bonds. The fourth-order valence-electron chi connectivity index (χ4n) is 3.08. The van der Waals surface area contributed by atoms with Crippen molar-refractivity contribution in [3.05, 3.63) is 65.7 Å². The lowest BCUT2D eigenvalue weighted by Crippen LogP contribution is -2.50. The highest BCUT2D eigenvalue weighted by Gasteiger charge is 2.25. The Labute approximate surface area is 190 Å². The molecule has 0 spiro atoms. The van der Waals surface area contributed by atoms with Crippen LogP contribution in [0.5, 0.6) is 5.75 Å². The smallest absolute Gasteiger partial charge is 0.242 e. The van der Waals surface area contributed by atoms with Gasteiger partial charge in [0.25, 0.3) is 0 Å². The molecule has 0 saturated carbocycles. The van der Waals surface area contributed by atoms with Crippen LogP contribution in [0.1, 0.15) is 31.9 Å². The number of nitrogens with zero attached hydrogens (tertiary/aromatic N) is 1. The molecule has 0 heterocycles. The fraction of sp³-hybridized carbons (Fsp3) is 0.440. The second-order valence-electron chi connectivity index (χ2n) is 7.98. The number of thioether (sulfide) groups is 1. The van der Waals surface area contributed by atoms with Gasteiger partial charge < -0.3 is 15.0 Å². The van der Waals surface area contributed by atoms with E-state index in [4.69, 9.17) is 4.74 Å². The van der Waals surface area contributed by atoms with Crippen LogP contribution < -0.4 is 10.1 Å². The molecule has 1 atom stereocenters. The first-order valence-corrected chi connectivity index (χ1v) is 11.9. The molecule has 0 aliphatic carbocycles. The Morgan fingerprint density at radius 1 is 1.00 bits per heavy atom. The lowest BCUT2D eigenvalue weighted by Gasteiger charge is -2.29. The van der Waals surface area contributed by atoms with E-state index >= 15 is 0 Å². The molecule has 0 fully saturated rings. The maximum absolute atomic E-state index is 13.0. The van der Waals surface area contributed by atoms with Crippen LogP contribution in [0.4, 0.5) is 0 Å². The summed E-state index contributed by atoms with van der Waals surface area (Å²) in [6.45, 7) is 7.04. The fourth-order valence-corrected chi connectivity index (χ4v) is 3.95. The van der Waals surface area contributed by atoms with E-state index in [1.165, 1.54) is 0 Å². The van der Waals surface area contributed by atoms with Crippen LogP contribution in [-0.2, 0) is 21.8 Å². The van der Waals surface area contributed by atoms with E-state index in [1.807, 2.05) is 61.5 Å². The highest BCUT2D eigenvalue weighted by Crippen LogP contribution is 2.17. The van der Waals surface area contributed by atoms with Gasteiger partial charge in [0, 0.05) is 18.8 Å². The first-order chi connectivity index (χ1) is 14.9. The Hall–Kier alpha value is -2.47. The highest BCUT2D eigenvalue weighted by molar-refractivity contribution is 7.99. The molecule has 1 unspecified atom stereocenters. The Kier molecular flexibility index (Phi) is 10.4. The average Bonchev–Trinajstić information content (AvgIpc) is 2.78. The van der Waals surface area contributed by atoms with Gasteiger partial charge >= 0.3 is 0 Å². The number of hydrogen-bond donors (Lipinski definition) is 1. The molecule has 0 saturated heterocycles. The minimum absolute atomic E-state index is 0.0124. The van der Waals surface area contributed by atoms with Crippen molar-refractivity contribution in [3.8, 4) is 5.75 Å². The second-order valence-corrected chi connectivity index (χ2v) is 8.96. The molecule has 0 aromatic heterocycles. The summed E-state index contributed by atoms with van der Waals surface area (Å²) in [6, 6.07) is 17.4. The quantitative estimate of drug-likeness (QED) is 0.536. The zero-order chi connectivity index (χ0) is 22.6. The monoisotopic (exact) mass is 442 g/mol. The van der Waals surface area contributed by atoms with Gasteiger partial charge in [-0.25, -0.2) is 0 Å². The van der Waals surface area contributed by atoms with Gasteiger partial charge in [0.1, 0.15) is 11.8 Å². The number of methoxy groups -OCH3 is 1. The topological polar surface area (TPSA) is 58.6 Å². The normalized spacial score (nSPS) is 11.8. The summed E-state index contributed by atoms with van der Waals surface area (Å²) in [5, 5.41) is 2.96. The average molecular weight is 443 g/mol.